The summed E-state index contributed by atoms with van der Waals surface area (Å²) >= 11 is 0. The lowest BCUT2D eigenvalue weighted by atomic mass is 9.39. The van der Waals surface area contributed by atoms with Crippen molar-refractivity contribution in [3.05, 3.63) is 12.7 Å². The molecule has 17 heavy (non-hydrogen) atoms. The zero-order valence-electron chi connectivity index (χ0n) is 12.4. The predicted molar refractivity (Wildman–Crippen MR) is 80.6 cm³/mol. The molecule has 0 aromatic carbocycles. The highest BCUT2D eigenvalue weighted by atomic mass is 14.3. The molecule has 94 valence electrons. The van der Waals surface area contributed by atoms with E-state index in [0.717, 1.165) is 25.7 Å². The molecule has 2 atom stereocenters. The first kappa shape index (κ1) is 16.9. The molecule has 0 aliphatic heterocycles. The van der Waals surface area contributed by atoms with Crippen molar-refractivity contribution in [1.82, 2.24) is 0 Å². The fraction of sp³-hybridized carbons (Fsp3) is 0.867. The zero-order chi connectivity index (χ0) is 13.7. The summed E-state index contributed by atoms with van der Waals surface area (Å²) < 4.78 is 0. The Bertz CT molecular complexity index is 231. The van der Waals surface area contributed by atoms with E-state index in [-0.39, 0.29) is 5.41 Å². The fourth-order valence-electron chi connectivity index (χ4n) is 2.32. The van der Waals surface area contributed by atoms with Crippen LogP contribution in [0.4, 0.5) is 0 Å². The Morgan fingerprint density at radius 2 is 1.76 bits per heavy atom. The Labute approximate surface area is 111 Å². The summed E-state index contributed by atoms with van der Waals surface area (Å²) in [5, 5.41) is -0.588. The number of rotatable bonds is 8. The van der Waals surface area contributed by atoms with E-state index in [1.54, 1.807) is 0 Å². The van der Waals surface area contributed by atoms with Gasteiger partial charge in [-0.2, -0.15) is 0 Å². The van der Waals surface area contributed by atoms with Crippen molar-refractivity contribution in [2.45, 2.75) is 65.5 Å². The predicted octanol–water partition coefficient (Wildman–Crippen LogP) is 4.50. The highest BCUT2D eigenvalue weighted by Gasteiger charge is 2.36. The highest BCUT2D eigenvalue weighted by molar-refractivity contribution is 6.40. The molecule has 2 unspecified atom stereocenters. The third-order valence-electron chi connectivity index (χ3n) is 4.60. The van der Waals surface area contributed by atoms with E-state index < -0.39 is 5.21 Å². The van der Waals surface area contributed by atoms with E-state index >= 15 is 0 Å². The van der Waals surface area contributed by atoms with Crippen LogP contribution in [0.1, 0.15) is 60.3 Å². The summed E-state index contributed by atoms with van der Waals surface area (Å²) in [7, 11) is 12.7. The van der Waals surface area contributed by atoms with Gasteiger partial charge in [-0.25, -0.2) is 0 Å². The zero-order valence-corrected chi connectivity index (χ0v) is 12.4. The van der Waals surface area contributed by atoms with Gasteiger partial charge < -0.3 is 0 Å². The van der Waals surface area contributed by atoms with Gasteiger partial charge >= 0.3 is 0 Å². The van der Waals surface area contributed by atoms with Crippen LogP contribution in [0.3, 0.4) is 0 Å². The molecular formula is C15H28B2. The Morgan fingerprint density at radius 3 is 2.12 bits per heavy atom. The first-order valence-electron chi connectivity index (χ1n) is 6.90. The Balaban J connectivity index is 4.64. The number of hydrogen-bond acceptors (Lipinski definition) is 0. The van der Waals surface area contributed by atoms with Gasteiger partial charge in [0, 0.05) is 0 Å². The average Bonchev–Trinajstić information content (AvgIpc) is 2.24. The van der Waals surface area contributed by atoms with Crippen LogP contribution in [0.25, 0.3) is 0 Å². The third kappa shape index (κ3) is 4.56. The van der Waals surface area contributed by atoms with Crippen LogP contribution in [0.5, 0.6) is 0 Å². The van der Waals surface area contributed by atoms with Crippen LogP contribution in [0.15, 0.2) is 12.7 Å². The lowest BCUT2D eigenvalue weighted by molar-refractivity contribution is 0.223. The van der Waals surface area contributed by atoms with Crippen molar-refractivity contribution in [2.75, 3.05) is 0 Å². The number of allylic oxidation sites excluding steroid dienone is 1. The smallest absolute Gasteiger partial charge is 0.0627 e. The molecule has 0 aromatic heterocycles. The standard InChI is InChI=1S/C15H28B2/c1-7-10-13(8-2)12(4)11-15(16,17)14(5,6)9-3/h7,12-13H,1,8-11H2,2-6H3. The lowest BCUT2D eigenvalue weighted by Crippen LogP contribution is -2.34. The molecule has 0 aliphatic carbocycles. The first-order chi connectivity index (χ1) is 7.71. The minimum absolute atomic E-state index is 0.0201. The van der Waals surface area contributed by atoms with Gasteiger partial charge in [0.2, 0.25) is 0 Å². The average molecular weight is 230 g/mol. The maximum absolute atomic E-state index is 6.35. The second-order valence-corrected chi connectivity index (χ2v) is 6.15. The molecule has 0 aliphatic rings. The van der Waals surface area contributed by atoms with Crippen LogP contribution in [0, 0.1) is 17.3 Å². The van der Waals surface area contributed by atoms with Gasteiger partial charge in [0.05, 0.1) is 15.7 Å². The molecule has 2 heteroatoms. The van der Waals surface area contributed by atoms with Gasteiger partial charge in [0.25, 0.3) is 0 Å². The molecule has 0 bridgehead atoms. The molecular weight excluding hydrogens is 202 g/mol. The van der Waals surface area contributed by atoms with E-state index in [2.05, 4.69) is 41.2 Å². The lowest BCUT2D eigenvalue weighted by Gasteiger charge is -2.45. The molecule has 0 saturated heterocycles. The largest absolute Gasteiger partial charge is 0.103 e. The van der Waals surface area contributed by atoms with Crippen LogP contribution in [0.2, 0.25) is 5.21 Å². The Hall–Kier alpha value is -0.130. The molecule has 0 saturated carbocycles. The van der Waals surface area contributed by atoms with Gasteiger partial charge in [-0.3, -0.25) is 0 Å². The van der Waals surface area contributed by atoms with Crippen molar-refractivity contribution < 1.29 is 0 Å². The van der Waals surface area contributed by atoms with Crippen molar-refractivity contribution in [3.63, 3.8) is 0 Å². The second-order valence-electron chi connectivity index (χ2n) is 6.15. The van der Waals surface area contributed by atoms with Crippen molar-refractivity contribution in [3.8, 4) is 0 Å². The summed E-state index contributed by atoms with van der Waals surface area (Å²) in [6.45, 7) is 14.8. The van der Waals surface area contributed by atoms with Gasteiger partial charge in [0.15, 0.2) is 0 Å². The van der Waals surface area contributed by atoms with Crippen LogP contribution in [-0.2, 0) is 0 Å². The molecule has 0 aromatic rings. The summed E-state index contributed by atoms with van der Waals surface area (Å²) in [6, 6.07) is 0. The SMILES string of the molecule is [B]C([B])(CC(C)C(CC)CC=C)C(C)(C)CC. The maximum atomic E-state index is 6.35. The molecule has 0 spiro atoms. The van der Waals surface area contributed by atoms with Crippen molar-refractivity contribution in [1.29, 1.82) is 0 Å². The van der Waals surface area contributed by atoms with E-state index in [1.165, 1.54) is 0 Å². The molecule has 4 radical (unpaired) electrons. The normalized spacial score (nSPS) is 16.5. The van der Waals surface area contributed by atoms with Gasteiger partial charge in [-0.05, 0) is 23.7 Å². The summed E-state index contributed by atoms with van der Waals surface area (Å²) in [6.07, 6.45) is 6.10. The minimum atomic E-state index is -0.588. The molecule has 0 nitrogen and oxygen atoms in total. The minimum Gasteiger partial charge on any atom is -0.103 e. The number of hydrogen-bond donors (Lipinski definition) is 0. The molecule has 0 fully saturated rings. The first-order valence-corrected chi connectivity index (χ1v) is 6.90. The van der Waals surface area contributed by atoms with Gasteiger partial charge in [-0.1, -0.05) is 65.2 Å². The Kier molecular flexibility index (Phi) is 6.66. The van der Waals surface area contributed by atoms with Crippen LogP contribution in [-0.4, -0.2) is 15.7 Å². The van der Waals surface area contributed by atoms with Crippen LogP contribution < -0.4 is 0 Å². The van der Waals surface area contributed by atoms with Gasteiger partial charge in [-0.15, -0.1) is 6.58 Å². The van der Waals surface area contributed by atoms with Crippen molar-refractivity contribution in [2.24, 2.45) is 17.3 Å². The molecule has 0 amide bonds. The summed E-state index contributed by atoms with van der Waals surface area (Å²) in [5.41, 5.74) is -0.0201. The quantitative estimate of drug-likeness (QED) is 0.425. The summed E-state index contributed by atoms with van der Waals surface area (Å²) in [4.78, 5) is 0. The highest BCUT2D eigenvalue weighted by Crippen LogP contribution is 2.48. The second kappa shape index (κ2) is 6.71. The fourth-order valence-corrected chi connectivity index (χ4v) is 2.32. The van der Waals surface area contributed by atoms with E-state index in [9.17, 15) is 0 Å². The third-order valence-corrected chi connectivity index (χ3v) is 4.60. The maximum Gasteiger partial charge on any atom is 0.0627 e. The Morgan fingerprint density at radius 1 is 1.24 bits per heavy atom. The van der Waals surface area contributed by atoms with Gasteiger partial charge in [0.1, 0.15) is 0 Å². The molecule has 0 N–H and O–H groups in total. The van der Waals surface area contributed by atoms with Crippen molar-refractivity contribution >= 4 is 15.7 Å². The summed E-state index contributed by atoms with van der Waals surface area (Å²) in [5.74, 6) is 1.19. The molecule has 0 rings (SSSR count). The van der Waals surface area contributed by atoms with Crippen LogP contribution >= 0.6 is 0 Å². The van der Waals surface area contributed by atoms with E-state index in [4.69, 9.17) is 15.7 Å². The molecule has 0 heterocycles. The monoisotopic (exact) mass is 230 g/mol. The van der Waals surface area contributed by atoms with E-state index in [0.29, 0.717) is 11.8 Å². The topological polar surface area (TPSA) is 0 Å². The van der Waals surface area contributed by atoms with E-state index in [1.807, 2.05) is 6.08 Å².